The van der Waals surface area contributed by atoms with E-state index in [4.69, 9.17) is 9.47 Å². The number of hydrogen-bond donors (Lipinski definition) is 1. The van der Waals surface area contributed by atoms with Crippen LogP contribution in [0.5, 0.6) is 11.5 Å². The summed E-state index contributed by atoms with van der Waals surface area (Å²) in [6.45, 7) is 3.87. The zero-order valence-corrected chi connectivity index (χ0v) is 15.0. The fraction of sp³-hybridized carbons (Fsp3) is 0.350. The minimum Gasteiger partial charge on any atom is -0.493 e. The molecule has 5 heteroatoms. The van der Waals surface area contributed by atoms with Crippen molar-refractivity contribution in [3.8, 4) is 11.5 Å². The topological polar surface area (TPSA) is 50.8 Å². The molecule has 0 spiro atoms. The molecule has 0 aliphatic carbocycles. The van der Waals surface area contributed by atoms with Gasteiger partial charge in [-0.15, -0.1) is 0 Å². The molecule has 1 aliphatic rings. The number of amides is 2. The van der Waals surface area contributed by atoms with E-state index >= 15 is 0 Å². The highest BCUT2D eigenvalue weighted by molar-refractivity contribution is 5.74. The molecule has 2 aromatic carbocycles. The van der Waals surface area contributed by atoms with Crippen molar-refractivity contribution in [3.63, 3.8) is 0 Å². The largest absolute Gasteiger partial charge is 0.493 e. The molecule has 132 valence electrons. The van der Waals surface area contributed by atoms with E-state index in [1.807, 2.05) is 35.2 Å². The Morgan fingerprint density at radius 2 is 1.80 bits per heavy atom. The summed E-state index contributed by atoms with van der Waals surface area (Å²) in [7, 11) is 3.26. The van der Waals surface area contributed by atoms with Gasteiger partial charge in [0.2, 0.25) is 0 Å². The summed E-state index contributed by atoms with van der Waals surface area (Å²) in [6.07, 6.45) is 0.813. The van der Waals surface area contributed by atoms with Crippen LogP contribution in [0.3, 0.4) is 0 Å². The van der Waals surface area contributed by atoms with E-state index in [1.54, 1.807) is 14.2 Å². The Morgan fingerprint density at radius 1 is 1.12 bits per heavy atom. The summed E-state index contributed by atoms with van der Waals surface area (Å²) in [4.78, 5) is 14.4. The van der Waals surface area contributed by atoms with Gasteiger partial charge in [-0.25, -0.2) is 4.79 Å². The molecule has 0 saturated carbocycles. The van der Waals surface area contributed by atoms with Gasteiger partial charge in [-0.3, -0.25) is 0 Å². The standard InChI is InChI=1S/C20H24N2O3/c1-14-6-4-5-7-16(14)12-21-20(23)22-9-8-15-10-18(24-2)19(25-3)11-17(15)13-22/h4-7,10-11H,8-9,12-13H2,1-3H3,(H,21,23). The smallest absolute Gasteiger partial charge is 0.317 e. The number of benzene rings is 2. The third-order valence-corrected chi connectivity index (χ3v) is 4.70. The second-order valence-corrected chi connectivity index (χ2v) is 6.23. The first kappa shape index (κ1) is 17.1. The quantitative estimate of drug-likeness (QED) is 0.929. The molecule has 0 aromatic heterocycles. The van der Waals surface area contributed by atoms with Crippen LogP contribution in [0.2, 0.25) is 0 Å². The fourth-order valence-corrected chi connectivity index (χ4v) is 3.15. The molecule has 0 atom stereocenters. The zero-order valence-electron chi connectivity index (χ0n) is 15.0. The van der Waals surface area contributed by atoms with Gasteiger partial charge in [-0.1, -0.05) is 24.3 Å². The van der Waals surface area contributed by atoms with E-state index in [0.717, 1.165) is 23.3 Å². The summed E-state index contributed by atoms with van der Waals surface area (Å²) in [5.41, 5.74) is 4.64. The van der Waals surface area contributed by atoms with Gasteiger partial charge < -0.3 is 19.7 Å². The van der Waals surface area contributed by atoms with Crippen molar-refractivity contribution in [1.29, 1.82) is 0 Å². The summed E-state index contributed by atoms with van der Waals surface area (Å²) in [6, 6.07) is 12.0. The number of hydrogen-bond acceptors (Lipinski definition) is 3. The Balaban J connectivity index is 1.67. The molecule has 0 saturated heterocycles. The van der Waals surface area contributed by atoms with E-state index in [9.17, 15) is 4.79 Å². The highest BCUT2D eigenvalue weighted by Crippen LogP contribution is 2.33. The number of nitrogens with zero attached hydrogens (tertiary/aromatic N) is 1. The van der Waals surface area contributed by atoms with Crippen molar-refractivity contribution in [2.45, 2.75) is 26.4 Å². The molecule has 0 bridgehead atoms. The number of carbonyl (C=O) groups excluding carboxylic acids is 1. The van der Waals surface area contributed by atoms with E-state index in [-0.39, 0.29) is 6.03 Å². The van der Waals surface area contributed by atoms with Crippen LogP contribution < -0.4 is 14.8 Å². The lowest BCUT2D eigenvalue weighted by molar-refractivity contribution is 0.191. The Kier molecular flexibility index (Phi) is 5.12. The van der Waals surface area contributed by atoms with E-state index < -0.39 is 0 Å². The molecular formula is C20H24N2O3. The van der Waals surface area contributed by atoms with Gasteiger partial charge in [-0.2, -0.15) is 0 Å². The number of ether oxygens (including phenoxy) is 2. The molecule has 25 heavy (non-hydrogen) atoms. The minimum atomic E-state index is -0.0383. The number of methoxy groups -OCH3 is 2. The molecule has 0 fully saturated rings. The molecule has 0 radical (unpaired) electrons. The van der Waals surface area contributed by atoms with Gasteiger partial charge in [0, 0.05) is 19.6 Å². The first-order chi connectivity index (χ1) is 12.1. The van der Waals surface area contributed by atoms with Gasteiger partial charge >= 0.3 is 6.03 Å². The highest BCUT2D eigenvalue weighted by atomic mass is 16.5. The predicted octanol–water partition coefficient (Wildman–Crippen LogP) is 3.28. The predicted molar refractivity (Wildman–Crippen MR) is 97.1 cm³/mol. The minimum absolute atomic E-state index is 0.0383. The number of nitrogens with one attached hydrogen (secondary N) is 1. The molecule has 1 N–H and O–H groups in total. The summed E-state index contributed by atoms with van der Waals surface area (Å²) >= 11 is 0. The van der Waals surface area contributed by atoms with Gasteiger partial charge in [0.1, 0.15) is 0 Å². The van der Waals surface area contributed by atoms with E-state index in [2.05, 4.69) is 18.3 Å². The SMILES string of the molecule is COc1cc2c(cc1OC)CN(C(=O)NCc1ccccc1C)CC2. The van der Waals surface area contributed by atoms with Crippen molar-refractivity contribution in [2.75, 3.05) is 20.8 Å². The molecule has 5 nitrogen and oxygen atoms in total. The van der Waals surface area contributed by atoms with Crippen molar-refractivity contribution in [2.24, 2.45) is 0 Å². The lowest BCUT2D eigenvalue weighted by Crippen LogP contribution is -2.42. The number of aryl methyl sites for hydroxylation is 1. The van der Waals surface area contributed by atoms with Crippen LogP contribution in [0.1, 0.15) is 22.3 Å². The first-order valence-corrected chi connectivity index (χ1v) is 8.43. The number of carbonyl (C=O) groups is 1. The zero-order chi connectivity index (χ0) is 17.8. The maximum atomic E-state index is 12.5. The lowest BCUT2D eigenvalue weighted by Gasteiger charge is -2.29. The average Bonchev–Trinajstić information content (AvgIpc) is 2.65. The van der Waals surface area contributed by atoms with Crippen molar-refractivity contribution in [3.05, 3.63) is 58.7 Å². The summed E-state index contributed by atoms with van der Waals surface area (Å²) < 4.78 is 10.7. The average molecular weight is 340 g/mol. The van der Waals surface area contributed by atoms with E-state index in [0.29, 0.717) is 25.4 Å². The van der Waals surface area contributed by atoms with Gasteiger partial charge in [0.25, 0.3) is 0 Å². The normalized spacial score (nSPS) is 13.2. The van der Waals surface area contributed by atoms with Crippen LogP contribution >= 0.6 is 0 Å². The Morgan fingerprint density at radius 3 is 2.48 bits per heavy atom. The fourth-order valence-electron chi connectivity index (χ4n) is 3.15. The number of urea groups is 1. The monoisotopic (exact) mass is 340 g/mol. The van der Waals surface area contributed by atoms with Gasteiger partial charge in [0.05, 0.1) is 14.2 Å². The van der Waals surface area contributed by atoms with Crippen LogP contribution in [-0.4, -0.2) is 31.7 Å². The second-order valence-electron chi connectivity index (χ2n) is 6.23. The maximum absolute atomic E-state index is 12.5. The third-order valence-electron chi connectivity index (χ3n) is 4.70. The van der Waals surface area contributed by atoms with Crippen molar-refractivity contribution in [1.82, 2.24) is 10.2 Å². The molecule has 1 aliphatic heterocycles. The maximum Gasteiger partial charge on any atom is 0.317 e. The van der Waals surface area contributed by atoms with Crippen LogP contribution in [-0.2, 0) is 19.5 Å². The summed E-state index contributed by atoms with van der Waals surface area (Å²) in [5.74, 6) is 1.43. The van der Waals surface area contributed by atoms with Crippen LogP contribution in [0.4, 0.5) is 4.79 Å². The van der Waals surface area contributed by atoms with Crippen molar-refractivity contribution >= 4 is 6.03 Å². The third kappa shape index (κ3) is 3.71. The number of rotatable bonds is 4. The van der Waals surface area contributed by atoms with Gasteiger partial charge in [-0.05, 0) is 47.7 Å². The molecule has 0 unspecified atom stereocenters. The molecular weight excluding hydrogens is 316 g/mol. The number of fused-ring (bicyclic) bond motifs is 1. The first-order valence-electron chi connectivity index (χ1n) is 8.43. The van der Waals surface area contributed by atoms with Crippen LogP contribution in [0.15, 0.2) is 36.4 Å². The second kappa shape index (κ2) is 7.47. The Hall–Kier alpha value is -2.69. The lowest BCUT2D eigenvalue weighted by atomic mass is 9.99. The van der Waals surface area contributed by atoms with Crippen molar-refractivity contribution < 1.29 is 14.3 Å². The Labute approximate surface area is 148 Å². The molecule has 3 rings (SSSR count). The van der Waals surface area contributed by atoms with Crippen LogP contribution in [0.25, 0.3) is 0 Å². The van der Waals surface area contributed by atoms with Crippen LogP contribution in [0, 0.1) is 6.92 Å². The Bertz CT molecular complexity index is 774. The van der Waals surface area contributed by atoms with Gasteiger partial charge in [0.15, 0.2) is 11.5 Å². The summed E-state index contributed by atoms with van der Waals surface area (Å²) in [5, 5.41) is 3.02. The molecule has 2 amide bonds. The highest BCUT2D eigenvalue weighted by Gasteiger charge is 2.22. The molecule has 1 heterocycles. The molecule has 2 aromatic rings. The van der Waals surface area contributed by atoms with E-state index in [1.165, 1.54) is 11.1 Å².